The van der Waals surface area contributed by atoms with E-state index in [-0.39, 0.29) is 18.2 Å². The third-order valence-corrected chi connectivity index (χ3v) is 3.67. The Balaban J connectivity index is 2.97. The van der Waals surface area contributed by atoms with Crippen molar-refractivity contribution in [2.45, 2.75) is 18.6 Å². The zero-order chi connectivity index (χ0) is 12.3. The van der Waals surface area contributed by atoms with Gasteiger partial charge in [-0.05, 0) is 19.1 Å². The molecule has 0 atom stereocenters. The van der Waals surface area contributed by atoms with Crippen LogP contribution in [0.25, 0.3) is 0 Å². The van der Waals surface area contributed by atoms with E-state index < -0.39 is 10.0 Å². The fraction of sp³-hybridized carbons (Fsp3) is 0.400. The van der Waals surface area contributed by atoms with Gasteiger partial charge < -0.3 is 10.2 Å². The Morgan fingerprint density at radius 3 is 2.62 bits per heavy atom. The van der Waals surface area contributed by atoms with Crippen molar-refractivity contribution < 1.29 is 12.8 Å². The number of hydrogen-bond donors (Lipinski definition) is 1. The van der Waals surface area contributed by atoms with Crippen LogP contribution in [0.5, 0.6) is 0 Å². The molecule has 0 bridgehead atoms. The van der Waals surface area contributed by atoms with Crippen LogP contribution >= 0.6 is 0 Å². The van der Waals surface area contributed by atoms with Crippen LogP contribution in [0, 0.1) is 0 Å². The second kappa shape index (κ2) is 4.82. The summed E-state index contributed by atoms with van der Waals surface area (Å²) in [5.41, 5.74) is 6.11. The van der Waals surface area contributed by atoms with Gasteiger partial charge in [-0.15, -0.1) is 0 Å². The lowest BCUT2D eigenvalue weighted by molar-refractivity contribution is 0.394. The third kappa shape index (κ3) is 2.72. The average Bonchev–Trinajstić information content (AvgIpc) is 2.65. The first-order chi connectivity index (χ1) is 7.37. The van der Waals surface area contributed by atoms with E-state index in [2.05, 4.69) is 6.58 Å². The van der Waals surface area contributed by atoms with Crippen LogP contribution in [0.4, 0.5) is 0 Å². The first-order valence-electron chi connectivity index (χ1n) is 4.77. The Bertz CT molecular complexity index is 476. The van der Waals surface area contributed by atoms with Crippen molar-refractivity contribution >= 4 is 10.0 Å². The first kappa shape index (κ1) is 13.0. The van der Waals surface area contributed by atoms with Crippen LogP contribution in [-0.4, -0.2) is 26.3 Å². The minimum Gasteiger partial charge on any atom is -0.447 e. The molecule has 1 aromatic rings. The quantitative estimate of drug-likeness (QED) is 0.782. The van der Waals surface area contributed by atoms with Crippen LogP contribution in [-0.2, 0) is 16.6 Å². The lowest BCUT2D eigenvalue weighted by atomic mass is 10.4. The van der Waals surface area contributed by atoms with Crippen molar-refractivity contribution in [1.29, 1.82) is 0 Å². The summed E-state index contributed by atoms with van der Waals surface area (Å²) in [6.45, 7) is 5.88. The normalized spacial score (nSPS) is 12.0. The number of nitrogens with zero attached hydrogens (tertiary/aromatic N) is 1. The van der Waals surface area contributed by atoms with E-state index in [1.54, 1.807) is 13.0 Å². The van der Waals surface area contributed by atoms with Crippen molar-refractivity contribution in [1.82, 2.24) is 4.31 Å². The Kier molecular flexibility index (Phi) is 3.90. The molecule has 1 aromatic heterocycles. The second-order valence-corrected chi connectivity index (χ2v) is 5.62. The molecule has 0 saturated carbocycles. The van der Waals surface area contributed by atoms with E-state index in [1.807, 2.05) is 0 Å². The predicted molar refractivity (Wildman–Crippen MR) is 61.2 cm³/mol. The van der Waals surface area contributed by atoms with E-state index in [1.165, 1.54) is 17.4 Å². The molecular weight excluding hydrogens is 228 g/mol. The van der Waals surface area contributed by atoms with E-state index in [0.29, 0.717) is 5.76 Å². The number of likely N-dealkylation sites (N-methyl/N-ethyl adjacent to an activating group) is 1. The molecule has 0 radical (unpaired) electrons. The fourth-order valence-electron chi connectivity index (χ4n) is 1.23. The lowest BCUT2D eigenvalue weighted by Crippen LogP contribution is -2.28. The van der Waals surface area contributed by atoms with E-state index >= 15 is 0 Å². The summed E-state index contributed by atoms with van der Waals surface area (Å²) >= 11 is 0. The van der Waals surface area contributed by atoms with Gasteiger partial charge in [-0.2, -0.15) is 4.31 Å². The highest BCUT2D eigenvalue weighted by Crippen LogP contribution is 2.17. The van der Waals surface area contributed by atoms with E-state index in [4.69, 9.17) is 10.2 Å². The summed E-state index contributed by atoms with van der Waals surface area (Å²) < 4.78 is 30.2. The molecule has 0 spiro atoms. The van der Waals surface area contributed by atoms with Gasteiger partial charge in [0.25, 0.3) is 10.0 Å². The minimum atomic E-state index is -3.57. The fourth-order valence-corrected chi connectivity index (χ4v) is 2.38. The van der Waals surface area contributed by atoms with Crippen LogP contribution in [0.3, 0.4) is 0 Å². The van der Waals surface area contributed by atoms with Crippen molar-refractivity contribution in [2.24, 2.45) is 5.73 Å². The topological polar surface area (TPSA) is 76.5 Å². The number of furan rings is 1. The highest BCUT2D eigenvalue weighted by atomic mass is 32.2. The highest BCUT2D eigenvalue weighted by molar-refractivity contribution is 7.89. The zero-order valence-electron chi connectivity index (χ0n) is 9.43. The van der Waals surface area contributed by atoms with Crippen LogP contribution in [0.15, 0.2) is 33.8 Å². The molecule has 1 heterocycles. The summed E-state index contributed by atoms with van der Waals surface area (Å²) in [6, 6.07) is 2.97. The van der Waals surface area contributed by atoms with Gasteiger partial charge in [-0.25, -0.2) is 8.42 Å². The Hall–Kier alpha value is -1.11. The molecule has 0 unspecified atom stereocenters. The molecule has 0 fully saturated rings. The lowest BCUT2D eigenvalue weighted by Gasteiger charge is -2.14. The van der Waals surface area contributed by atoms with Gasteiger partial charge in [0.1, 0.15) is 5.76 Å². The van der Waals surface area contributed by atoms with Gasteiger partial charge in [0, 0.05) is 13.6 Å². The van der Waals surface area contributed by atoms with Crippen LogP contribution in [0.2, 0.25) is 0 Å². The van der Waals surface area contributed by atoms with Gasteiger partial charge in [0.05, 0.1) is 6.54 Å². The van der Waals surface area contributed by atoms with Crippen molar-refractivity contribution in [2.75, 3.05) is 13.6 Å². The summed E-state index contributed by atoms with van der Waals surface area (Å²) in [7, 11) is -2.09. The van der Waals surface area contributed by atoms with Gasteiger partial charge >= 0.3 is 0 Å². The Morgan fingerprint density at radius 1 is 1.56 bits per heavy atom. The van der Waals surface area contributed by atoms with Gasteiger partial charge in [-0.3, -0.25) is 0 Å². The summed E-state index contributed by atoms with van der Waals surface area (Å²) in [5, 5.41) is -0.0864. The van der Waals surface area contributed by atoms with Crippen molar-refractivity contribution in [3.05, 3.63) is 30.0 Å². The minimum absolute atomic E-state index is 0.0864. The second-order valence-electron chi connectivity index (χ2n) is 3.64. The molecule has 0 aliphatic carbocycles. The number of rotatable bonds is 5. The molecule has 0 aliphatic rings. The number of sulfonamides is 1. The SMILES string of the molecule is C=C(C)CN(C)S(=O)(=O)c1ccc(CN)o1. The first-order valence-corrected chi connectivity index (χ1v) is 6.21. The molecular formula is C10H16N2O3S. The molecule has 1 rings (SSSR count). The van der Waals surface area contributed by atoms with Gasteiger partial charge in [0.15, 0.2) is 0 Å². The third-order valence-electron chi connectivity index (χ3n) is 2.00. The molecule has 16 heavy (non-hydrogen) atoms. The molecule has 0 amide bonds. The van der Waals surface area contributed by atoms with Gasteiger partial charge in [-0.1, -0.05) is 12.2 Å². The van der Waals surface area contributed by atoms with Crippen LogP contribution in [0.1, 0.15) is 12.7 Å². The van der Waals surface area contributed by atoms with Crippen molar-refractivity contribution in [3.63, 3.8) is 0 Å². The average molecular weight is 244 g/mol. The summed E-state index contributed by atoms with van der Waals surface area (Å²) in [6.07, 6.45) is 0. The molecule has 2 N–H and O–H groups in total. The molecule has 0 saturated heterocycles. The summed E-state index contributed by atoms with van der Waals surface area (Å²) in [5.74, 6) is 0.447. The highest BCUT2D eigenvalue weighted by Gasteiger charge is 2.24. The molecule has 5 nitrogen and oxygen atoms in total. The van der Waals surface area contributed by atoms with E-state index in [0.717, 1.165) is 5.57 Å². The number of hydrogen-bond acceptors (Lipinski definition) is 4. The maximum atomic E-state index is 11.9. The largest absolute Gasteiger partial charge is 0.447 e. The maximum absolute atomic E-state index is 11.9. The Morgan fingerprint density at radius 2 is 2.19 bits per heavy atom. The van der Waals surface area contributed by atoms with E-state index in [9.17, 15) is 8.42 Å². The monoisotopic (exact) mass is 244 g/mol. The summed E-state index contributed by atoms with van der Waals surface area (Å²) in [4.78, 5) is 0. The van der Waals surface area contributed by atoms with Crippen LogP contribution < -0.4 is 5.73 Å². The number of nitrogens with two attached hydrogens (primary N) is 1. The Labute approximate surface area is 95.6 Å². The predicted octanol–water partition coefficient (Wildman–Crippen LogP) is 0.935. The molecule has 0 aliphatic heterocycles. The van der Waals surface area contributed by atoms with Gasteiger partial charge in [0.2, 0.25) is 5.09 Å². The van der Waals surface area contributed by atoms with Crippen molar-refractivity contribution in [3.8, 4) is 0 Å². The standard InChI is InChI=1S/C10H16N2O3S/c1-8(2)7-12(3)16(13,14)10-5-4-9(6-11)15-10/h4-5H,1,6-7,11H2,2-3H3. The maximum Gasteiger partial charge on any atom is 0.276 e. The zero-order valence-corrected chi connectivity index (χ0v) is 10.3. The molecule has 0 aromatic carbocycles. The smallest absolute Gasteiger partial charge is 0.276 e. The molecule has 6 heteroatoms. The molecule has 90 valence electrons.